The summed E-state index contributed by atoms with van der Waals surface area (Å²) in [5.41, 5.74) is 6.85. The third-order valence-corrected chi connectivity index (χ3v) is 6.63. The second kappa shape index (κ2) is 6.36. The summed E-state index contributed by atoms with van der Waals surface area (Å²) in [7, 11) is 0. The molecule has 3 aliphatic heterocycles. The quantitative estimate of drug-likeness (QED) is 0.624. The molecule has 3 fully saturated rings. The van der Waals surface area contributed by atoms with Crippen LogP contribution in [0, 0.1) is 27.7 Å². The van der Waals surface area contributed by atoms with Gasteiger partial charge in [-0.15, -0.1) is 0 Å². The number of nitrogens with zero attached hydrogens (tertiary/aromatic N) is 3. The van der Waals surface area contributed by atoms with Crippen molar-refractivity contribution in [2.24, 2.45) is 0 Å². The smallest absolute Gasteiger partial charge is 0.218 e. The van der Waals surface area contributed by atoms with Gasteiger partial charge in [0.1, 0.15) is 6.54 Å². The third-order valence-electron chi connectivity index (χ3n) is 6.63. The Morgan fingerprint density at radius 1 is 0.962 bits per heavy atom. The van der Waals surface area contributed by atoms with Crippen molar-refractivity contribution in [3.63, 3.8) is 0 Å². The maximum absolute atomic E-state index is 13.2. The Labute approximate surface area is 156 Å². The summed E-state index contributed by atoms with van der Waals surface area (Å²) < 4.78 is 3.22. The lowest BCUT2D eigenvalue weighted by Gasteiger charge is -2.50. The minimum absolute atomic E-state index is 0.309. The molecule has 0 spiro atoms. The molecule has 5 rings (SSSR count). The first-order valence-corrected chi connectivity index (χ1v) is 9.76. The molecule has 2 bridgehead atoms. The molecule has 0 saturated carbocycles. The first kappa shape index (κ1) is 17.5. The molecule has 3 aliphatic rings. The minimum Gasteiger partial charge on any atom is -0.318 e. The first-order chi connectivity index (χ1) is 12.4. The summed E-state index contributed by atoms with van der Waals surface area (Å²) in [5.74, 6) is 0.309. The number of benzene rings is 1. The van der Waals surface area contributed by atoms with Crippen LogP contribution >= 0.6 is 0 Å². The van der Waals surface area contributed by atoms with Gasteiger partial charge in [0, 0.05) is 42.3 Å². The average molecular weight is 353 g/mol. The van der Waals surface area contributed by atoms with E-state index >= 15 is 0 Å². The van der Waals surface area contributed by atoms with Gasteiger partial charge in [-0.25, -0.2) is 0 Å². The van der Waals surface area contributed by atoms with Crippen molar-refractivity contribution in [3.05, 3.63) is 52.3 Å². The van der Waals surface area contributed by atoms with Crippen LogP contribution in [0.25, 0.3) is 5.69 Å². The van der Waals surface area contributed by atoms with Crippen LogP contribution in [0.5, 0.6) is 0 Å². The fraction of sp³-hybridized carbons (Fsp3) is 0.500. The number of carbonyl (C=O) groups excluding carboxylic acids is 1. The Kier molecular flexibility index (Phi) is 4.28. The van der Waals surface area contributed by atoms with E-state index < -0.39 is 0 Å². The molecule has 0 atom stereocenters. The fourth-order valence-electron chi connectivity index (χ4n) is 4.67. The molecule has 2 aromatic rings. The Morgan fingerprint density at radius 3 is 2.23 bits per heavy atom. The number of aromatic nitrogens is 1. The summed E-state index contributed by atoms with van der Waals surface area (Å²) in [6.07, 6.45) is 0. The number of ketones is 1. The molecule has 0 aliphatic carbocycles. The average Bonchev–Trinajstić information content (AvgIpc) is 2.93. The standard InChI is InChI=1S/C22H30N3O/c1-16-5-6-20(13-17(16)2)24-18(3)14-21(19(24)4)22(26)15-25-10-7-23(8-11-25)9-12-25/h5-6,13-14H,7-12,15H2,1-4H3/q+1. The fourth-order valence-corrected chi connectivity index (χ4v) is 4.67. The van der Waals surface area contributed by atoms with E-state index in [0.717, 1.165) is 66.4 Å². The van der Waals surface area contributed by atoms with Gasteiger partial charge in [-0.2, -0.15) is 0 Å². The maximum Gasteiger partial charge on any atom is 0.218 e. The number of quaternary nitrogens is 1. The van der Waals surface area contributed by atoms with Crippen molar-refractivity contribution < 1.29 is 9.28 Å². The van der Waals surface area contributed by atoms with Gasteiger partial charge in [0.2, 0.25) is 5.78 Å². The summed E-state index contributed by atoms with van der Waals surface area (Å²) in [4.78, 5) is 15.7. The SMILES string of the molecule is Cc1ccc(-n2c(C)cc(C(=O)C[N+]34CCN(CC3)CC4)c2C)cc1C. The lowest BCUT2D eigenvalue weighted by Crippen LogP contribution is -2.68. The molecule has 1 aromatic carbocycles. The number of hydrogen-bond donors (Lipinski definition) is 0. The highest BCUT2D eigenvalue weighted by Crippen LogP contribution is 2.25. The Morgan fingerprint density at radius 2 is 1.62 bits per heavy atom. The van der Waals surface area contributed by atoms with Gasteiger partial charge in [-0.05, 0) is 57.0 Å². The van der Waals surface area contributed by atoms with Crippen LogP contribution in [0.4, 0.5) is 0 Å². The van der Waals surface area contributed by atoms with Gasteiger partial charge in [-0.1, -0.05) is 6.07 Å². The van der Waals surface area contributed by atoms with Crippen molar-refractivity contribution in [1.29, 1.82) is 0 Å². The molecule has 0 radical (unpaired) electrons. The predicted octanol–water partition coefficient (Wildman–Crippen LogP) is 3.04. The van der Waals surface area contributed by atoms with Crippen molar-refractivity contribution in [3.8, 4) is 5.69 Å². The van der Waals surface area contributed by atoms with Gasteiger partial charge in [0.25, 0.3) is 0 Å². The van der Waals surface area contributed by atoms with Crippen molar-refractivity contribution >= 4 is 5.78 Å². The zero-order valence-electron chi connectivity index (χ0n) is 16.5. The number of hydrogen-bond acceptors (Lipinski definition) is 2. The van der Waals surface area contributed by atoms with Crippen LogP contribution in [-0.2, 0) is 0 Å². The zero-order valence-corrected chi connectivity index (χ0v) is 16.5. The largest absolute Gasteiger partial charge is 0.318 e. The zero-order chi connectivity index (χ0) is 18.5. The van der Waals surface area contributed by atoms with Crippen LogP contribution in [0.2, 0.25) is 0 Å². The normalized spacial score (nSPS) is 24.8. The number of rotatable bonds is 4. The molecular formula is C22H30N3O+. The molecule has 0 N–H and O–H groups in total. The molecule has 4 heteroatoms. The van der Waals surface area contributed by atoms with Gasteiger partial charge < -0.3 is 9.05 Å². The van der Waals surface area contributed by atoms with Gasteiger partial charge in [0.15, 0.2) is 0 Å². The molecular weight excluding hydrogens is 322 g/mol. The van der Waals surface area contributed by atoms with Gasteiger partial charge in [-0.3, -0.25) is 9.69 Å². The third kappa shape index (κ3) is 2.91. The van der Waals surface area contributed by atoms with Crippen molar-refractivity contribution in [2.75, 3.05) is 45.8 Å². The Hall–Kier alpha value is -1.91. The van der Waals surface area contributed by atoms with Gasteiger partial charge >= 0.3 is 0 Å². The Bertz CT molecular complexity index is 843. The second-order valence-electron chi connectivity index (χ2n) is 8.32. The molecule has 0 amide bonds. The van der Waals surface area contributed by atoms with Crippen LogP contribution in [0.3, 0.4) is 0 Å². The molecule has 4 nitrogen and oxygen atoms in total. The second-order valence-corrected chi connectivity index (χ2v) is 8.32. The molecule has 26 heavy (non-hydrogen) atoms. The summed E-state index contributed by atoms with van der Waals surface area (Å²) in [6, 6.07) is 8.62. The highest BCUT2D eigenvalue weighted by atomic mass is 16.1. The lowest BCUT2D eigenvalue weighted by molar-refractivity contribution is -0.933. The Balaban J connectivity index is 1.63. The van der Waals surface area contributed by atoms with E-state index in [1.807, 2.05) is 0 Å². The predicted molar refractivity (Wildman–Crippen MR) is 105 cm³/mol. The number of Topliss-reactive ketones (excluding diaryl/α,β-unsaturated/α-hetero) is 1. The monoisotopic (exact) mass is 352 g/mol. The van der Waals surface area contributed by atoms with Gasteiger partial charge in [0.05, 0.1) is 19.6 Å². The van der Waals surface area contributed by atoms with E-state index in [4.69, 9.17) is 0 Å². The molecule has 4 heterocycles. The summed E-state index contributed by atoms with van der Waals surface area (Å²) >= 11 is 0. The highest BCUT2D eigenvalue weighted by Gasteiger charge is 2.40. The highest BCUT2D eigenvalue weighted by molar-refractivity contribution is 5.98. The van der Waals surface area contributed by atoms with E-state index in [2.05, 4.69) is 61.4 Å². The molecule has 1 aromatic heterocycles. The number of piperazine rings is 3. The van der Waals surface area contributed by atoms with Crippen LogP contribution in [-0.4, -0.2) is 65.5 Å². The maximum atomic E-state index is 13.2. The summed E-state index contributed by atoms with van der Waals surface area (Å²) in [6.45, 7) is 15.9. The number of carbonyl (C=O) groups is 1. The van der Waals surface area contributed by atoms with E-state index in [-0.39, 0.29) is 0 Å². The summed E-state index contributed by atoms with van der Waals surface area (Å²) in [5, 5.41) is 0. The molecule has 138 valence electrons. The molecule has 3 saturated heterocycles. The van der Waals surface area contributed by atoms with Crippen molar-refractivity contribution in [1.82, 2.24) is 9.47 Å². The molecule has 0 unspecified atom stereocenters. The van der Waals surface area contributed by atoms with E-state index in [1.54, 1.807) is 0 Å². The van der Waals surface area contributed by atoms with Crippen LogP contribution in [0.15, 0.2) is 24.3 Å². The number of fused-ring (bicyclic) bond motifs is 3. The lowest BCUT2D eigenvalue weighted by atomic mass is 10.1. The van der Waals surface area contributed by atoms with Crippen molar-refractivity contribution in [2.45, 2.75) is 27.7 Å². The van der Waals surface area contributed by atoms with E-state index in [0.29, 0.717) is 12.3 Å². The topological polar surface area (TPSA) is 25.2 Å². The van der Waals surface area contributed by atoms with E-state index in [1.165, 1.54) is 11.1 Å². The van der Waals surface area contributed by atoms with E-state index in [9.17, 15) is 4.79 Å². The minimum atomic E-state index is 0.309. The first-order valence-electron chi connectivity index (χ1n) is 9.76. The van der Waals surface area contributed by atoms with Crippen LogP contribution < -0.4 is 0 Å². The number of aryl methyl sites for hydroxylation is 3. The van der Waals surface area contributed by atoms with Crippen LogP contribution in [0.1, 0.15) is 32.9 Å².